The van der Waals surface area contributed by atoms with Gasteiger partial charge >= 0.3 is 0 Å². The minimum Gasteiger partial charge on any atom is -0.497 e. The van der Waals surface area contributed by atoms with Crippen LogP contribution in [-0.2, 0) is 11.2 Å². The van der Waals surface area contributed by atoms with Gasteiger partial charge in [-0.2, -0.15) is 0 Å². The molecule has 0 aromatic heterocycles. The smallest absolute Gasteiger partial charge is 0.250 e. The molecule has 0 heterocycles. The van der Waals surface area contributed by atoms with E-state index in [9.17, 15) is 4.79 Å². The molecule has 20 heavy (non-hydrogen) atoms. The van der Waals surface area contributed by atoms with Gasteiger partial charge in [-0.15, -0.1) is 0 Å². The number of aliphatic hydroxyl groups excluding tert-OH is 1. The molecule has 0 fully saturated rings. The van der Waals surface area contributed by atoms with Crippen LogP contribution in [0, 0.1) is 0 Å². The maximum absolute atomic E-state index is 11.3. The van der Waals surface area contributed by atoms with Crippen molar-refractivity contribution in [3.05, 3.63) is 59.7 Å². The second-order valence-electron chi connectivity index (χ2n) is 4.39. The molecule has 2 aromatic carbocycles. The van der Waals surface area contributed by atoms with Crippen LogP contribution in [0.3, 0.4) is 0 Å². The van der Waals surface area contributed by atoms with E-state index in [0.717, 1.165) is 22.6 Å². The number of ether oxygens (including phenoxy) is 1. The Morgan fingerprint density at radius 1 is 1.15 bits per heavy atom. The van der Waals surface area contributed by atoms with E-state index >= 15 is 0 Å². The zero-order valence-electron chi connectivity index (χ0n) is 11.3. The van der Waals surface area contributed by atoms with Crippen LogP contribution in [0.25, 0.3) is 0 Å². The van der Waals surface area contributed by atoms with E-state index in [-0.39, 0.29) is 0 Å². The Labute approximate surface area is 118 Å². The maximum Gasteiger partial charge on any atom is 0.250 e. The first-order valence-corrected chi connectivity index (χ1v) is 6.34. The highest BCUT2D eigenvalue weighted by molar-refractivity contribution is 5.92. The molecule has 0 bridgehead atoms. The van der Waals surface area contributed by atoms with Gasteiger partial charge in [0.25, 0.3) is 0 Å². The summed E-state index contributed by atoms with van der Waals surface area (Å²) in [5.41, 5.74) is 2.85. The molecule has 4 nitrogen and oxygen atoms in total. The molecule has 0 radical (unpaired) electrons. The standard InChI is InChI=1S/C16H17NO3/c1-20-14-8-6-12(7-9-14)10-13-4-2-3-5-15(13)17-16(19)11-18/h2-9,18H,10-11H2,1H3,(H,17,19). The summed E-state index contributed by atoms with van der Waals surface area (Å²) < 4.78 is 5.13. The van der Waals surface area contributed by atoms with Crippen molar-refractivity contribution >= 4 is 11.6 Å². The summed E-state index contributed by atoms with van der Waals surface area (Å²) in [5, 5.41) is 11.5. The lowest BCUT2D eigenvalue weighted by molar-refractivity contribution is -0.118. The SMILES string of the molecule is COc1ccc(Cc2ccccc2NC(=O)CO)cc1. The molecular formula is C16H17NO3. The van der Waals surface area contributed by atoms with Crippen molar-refractivity contribution in [1.82, 2.24) is 0 Å². The van der Waals surface area contributed by atoms with Crippen LogP contribution in [-0.4, -0.2) is 24.7 Å². The van der Waals surface area contributed by atoms with Crippen LogP contribution in [0.15, 0.2) is 48.5 Å². The predicted octanol–water partition coefficient (Wildman–Crippen LogP) is 2.22. The molecule has 0 aliphatic carbocycles. The average molecular weight is 271 g/mol. The lowest BCUT2D eigenvalue weighted by atomic mass is 10.0. The molecular weight excluding hydrogens is 254 g/mol. The third-order valence-corrected chi connectivity index (χ3v) is 2.99. The zero-order chi connectivity index (χ0) is 14.4. The molecule has 104 valence electrons. The zero-order valence-corrected chi connectivity index (χ0v) is 11.3. The molecule has 4 heteroatoms. The second-order valence-corrected chi connectivity index (χ2v) is 4.39. The van der Waals surface area contributed by atoms with Crippen molar-refractivity contribution in [1.29, 1.82) is 0 Å². The summed E-state index contributed by atoms with van der Waals surface area (Å²) in [6, 6.07) is 15.4. The minimum absolute atomic E-state index is 0.410. The molecule has 0 aliphatic rings. The summed E-state index contributed by atoms with van der Waals surface area (Å²) in [4.78, 5) is 11.3. The number of benzene rings is 2. The molecule has 0 atom stereocenters. The van der Waals surface area contributed by atoms with Gasteiger partial charge in [0.2, 0.25) is 5.91 Å². The Balaban J connectivity index is 2.17. The number of aliphatic hydroxyl groups is 1. The highest BCUT2D eigenvalue weighted by Gasteiger charge is 2.06. The Bertz CT molecular complexity index is 579. The van der Waals surface area contributed by atoms with Crippen LogP contribution in [0.5, 0.6) is 5.75 Å². The molecule has 2 rings (SSSR count). The maximum atomic E-state index is 11.3. The number of carbonyl (C=O) groups is 1. The summed E-state index contributed by atoms with van der Waals surface area (Å²) in [6.07, 6.45) is 0.700. The first-order chi connectivity index (χ1) is 9.72. The van der Waals surface area contributed by atoms with Crippen LogP contribution in [0.2, 0.25) is 0 Å². The van der Waals surface area contributed by atoms with Gasteiger partial charge in [-0.25, -0.2) is 0 Å². The van der Waals surface area contributed by atoms with Gasteiger partial charge in [-0.05, 0) is 35.7 Å². The van der Waals surface area contributed by atoms with E-state index in [2.05, 4.69) is 5.32 Å². The molecule has 0 aliphatic heterocycles. The van der Waals surface area contributed by atoms with Gasteiger partial charge in [-0.3, -0.25) is 4.79 Å². The average Bonchev–Trinajstić information content (AvgIpc) is 2.50. The third-order valence-electron chi connectivity index (χ3n) is 2.99. The first-order valence-electron chi connectivity index (χ1n) is 6.34. The molecule has 2 N–H and O–H groups in total. The number of methoxy groups -OCH3 is 1. The van der Waals surface area contributed by atoms with E-state index in [1.165, 1.54) is 0 Å². The number of hydrogen-bond donors (Lipinski definition) is 2. The highest BCUT2D eigenvalue weighted by Crippen LogP contribution is 2.20. The van der Waals surface area contributed by atoms with Crippen molar-refractivity contribution in [3.63, 3.8) is 0 Å². The summed E-state index contributed by atoms with van der Waals surface area (Å²) in [5.74, 6) is 0.405. The number of carbonyl (C=O) groups excluding carboxylic acids is 1. The van der Waals surface area contributed by atoms with Crippen molar-refractivity contribution in [2.75, 3.05) is 19.0 Å². The van der Waals surface area contributed by atoms with Gasteiger partial charge in [0.1, 0.15) is 12.4 Å². The largest absolute Gasteiger partial charge is 0.497 e. The van der Waals surface area contributed by atoms with Crippen molar-refractivity contribution < 1.29 is 14.6 Å². The van der Waals surface area contributed by atoms with E-state index in [0.29, 0.717) is 6.42 Å². The fraction of sp³-hybridized carbons (Fsp3) is 0.188. The lowest BCUT2D eigenvalue weighted by Crippen LogP contribution is -2.16. The summed E-state index contributed by atoms with van der Waals surface area (Å²) in [6.45, 7) is -0.517. The third kappa shape index (κ3) is 3.59. The number of nitrogens with one attached hydrogen (secondary N) is 1. The van der Waals surface area contributed by atoms with Crippen LogP contribution >= 0.6 is 0 Å². The number of anilines is 1. The fourth-order valence-electron chi connectivity index (χ4n) is 1.95. The number of amides is 1. The molecule has 1 amide bonds. The Hall–Kier alpha value is -2.33. The highest BCUT2D eigenvalue weighted by atomic mass is 16.5. The van der Waals surface area contributed by atoms with Crippen molar-refractivity contribution in [2.24, 2.45) is 0 Å². The van der Waals surface area contributed by atoms with Crippen molar-refractivity contribution in [2.45, 2.75) is 6.42 Å². The van der Waals surface area contributed by atoms with Crippen LogP contribution in [0.4, 0.5) is 5.69 Å². The van der Waals surface area contributed by atoms with Gasteiger partial charge < -0.3 is 15.2 Å². The molecule has 2 aromatic rings. The number of hydrogen-bond acceptors (Lipinski definition) is 3. The van der Waals surface area contributed by atoms with Gasteiger partial charge in [0.05, 0.1) is 7.11 Å². The first kappa shape index (κ1) is 14.1. The van der Waals surface area contributed by atoms with Gasteiger partial charge in [0, 0.05) is 5.69 Å². The number of para-hydroxylation sites is 1. The van der Waals surface area contributed by atoms with E-state index in [4.69, 9.17) is 9.84 Å². The lowest BCUT2D eigenvalue weighted by Gasteiger charge is -2.10. The molecule has 0 saturated carbocycles. The van der Waals surface area contributed by atoms with Crippen molar-refractivity contribution in [3.8, 4) is 5.75 Å². The van der Waals surface area contributed by atoms with E-state index < -0.39 is 12.5 Å². The van der Waals surface area contributed by atoms with Crippen LogP contribution < -0.4 is 10.1 Å². The van der Waals surface area contributed by atoms with Crippen LogP contribution in [0.1, 0.15) is 11.1 Å². The van der Waals surface area contributed by atoms with Gasteiger partial charge in [0.15, 0.2) is 0 Å². The summed E-state index contributed by atoms with van der Waals surface area (Å²) >= 11 is 0. The number of rotatable bonds is 5. The predicted molar refractivity (Wildman–Crippen MR) is 78.0 cm³/mol. The van der Waals surface area contributed by atoms with E-state index in [1.54, 1.807) is 7.11 Å². The Morgan fingerprint density at radius 3 is 2.50 bits per heavy atom. The second kappa shape index (κ2) is 6.73. The molecule has 0 spiro atoms. The van der Waals surface area contributed by atoms with E-state index in [1.807, 2.05) is 48.5 Å². The Morgan fingerprint density at radius 2 is 1.85 bits per heavy atom. The Kier molecular flexibility index (Phi) is 4.74. The van der Waals surface area contributed by atoms with Gasteiger partial charge in [-0.1, -0.05) is 30.3 Å². The molecule has 0 unspecified atom stereocenters. The quantitative estimate of drug-likeness (QED) is 0.876. The normalized spacial score (nSPS) is 10.1. The minimum atomic E-state index is -0.517. The monoisotopic (exact) mass is 271 g/mol. The summed E-state index contributed by atoms with van der Waals surface area (Å²) in [7, 11) is 1.63. The fourth-order valence-corrected chi connectivity index (χ4v) is 1.95. The topological polar surface area (TPSA) is 58.6 Å². The molecule has 0 saturated heterocycles.